The molecule has 4 N–H and O–H groups in total. The highest BCUT2D eigenvalue weighted by atomic mass is 32.2. The summed E-state index contributed by atoms with van der Waals surface area (Å²) in [6.07, 6.45) is 0.863. The number of ether oxygens (including phenoxy) is 1. The van der Waals surface area contributed by atoms with Gasteiger partial charge in [0.15, 0.2) is 5.69 Å². The lowest BCUT2D eigenvalue weighted by Crippen LogP contribution is -2.51. The maximum Gasteiger partial charge on any atom is 0.273 e. The van der Waals surface area contributed by atoms with Crippen LogP contribution >= 0.6 is 0 Å². The van der Waals surface area contributed by atoms with Gasteiger partial charge in [0, 0.05) is 6.61 Å². The topological polar surface area (TPSA) is 127 Å². The molecule has 1 aliphatic rings. The second-order valence-electron chi connectivity index (χ2n) is 5.41. The first-order valence-electron chi connectivity index (χ1n) is 6.73. The monoisotopic (exact) mass is 316 g/mol. The number of amides is 1. The number of nitrogens with one attached hydrogen (secondary N) is 2. The third-order valence-corrected chi connectivity index (χ3v) is 4.94. The second-order valence-corrected chi connectivity index (χ2v) is 6.91. The lowest BCUT2D eigenvalue weighted by atomic mass is 9.94. The van der Waals surface area contributed by atoms with Crippen LogP contribution in [0.2, 0.25) is 0 Å². The van der Waals surface area contributed by atoms with Crippen molar-refractivity contribution in [2.45, 2.75) is 50.2 Å². The average Bonchev–Trinajstić information content (AvgIpc) is 2.93. The number of primary sulfonamides is 1. The predicted octanol–water partition coefficient (Wildman–Crippen LogP) is -0.0832. The summed E-state index contributed by atoms with van der Waals surface area (Å²) in [7, 11) is -4.03. The van der Waals surface area contributed by atoms with Gasteiger partial charge in [0.1, 0.15) is 4.90 Å². The smallest absolute Gasteiger partial charge is 0.273 e. The summed E-state index contributed by atoms with van der Waals surface area (Å²) in [5.74, 6) is -0.574. The molecule has 2 atom stereocenters. The van der Waals surface area contributed by atoms with Crippen molar-refractivity contribution in [1.82, 2.24) is 15.5 Å². The Labute approximate surface area is 123 Å². The molecule has 1 amide bonds. The molecule has 1 aromatic rings. The summed E-state index contributed by atoms with van der Waals surface area (Å²) < 4.78 is 28.8. The number of sulfonamides is 1. The van der Waals surface area contributed by atoms with Crippen molar-refractivity contribution >= 4 is 15.9 Å². The molecule has 9 heteroatoms. The molecule has 21 heavy (non-hydrogen) atoms. The molecule has 1 aromatic heterocycles. The van der Waals surface area contributed by atoms with Crippen LogP contribution in [0.25, 0.3) is 0 Å². The van der Waals surface area contributed by atoms with Crippen molar-refractivity contribution in [3.63, 3.8) is 0 Å². The number of aryl methyl sites for hydroxylation is 1. The number of carbonyl (C=O) groups excluding carboxylic acids is 1. The van der Waals surface area contributed by atoms with Crippen LogP contribution in [0.1, 0.15) is 43.4 Å². The van der Waals surface area contributed by atoms with E-state index in [-0.39, 0.29) is 16.7 Å². The van der Waals surface area contributed by atoms with Crippen LogP contribution < -0.4 is 10.5 Å². The summed E-state index contributed by atoms with van der Waals surface area (Å²) in [6, 6.07) is 0. The Morgan fingerprint density at radius 2 is 2.29 bits per heavy atom. The summed E-state index contributed by atoms with van der Waals surface area (Å²) in [6.45, 7) is 6.00. The van der Waals surface area contributed by atoms with Crippen molar-refractivity contribution < 1.29 is 17.9 Å². The van der Waals surface area contributed by atoms with Crippen molar-refractivity contribution in [2.75, 3.05) is 6.61 Å². The van der Waals surface area contributed by atoms with Crippen LogP contribution in [-0.2, 0) is 21.2 Å². The highest BCUT2D eigenvalue weighted by molar-refractivity contribution is 7.89. The van der Waals surface area contributed by atoms with Crippen LogP contribution in [0, 0.1) is 0 Å². The number of aromatic nitrogens is 2. The summed E-state index contributed by atoms with van der Waals surface area (Å²) in [4.78, 5) is 12.1. The van der Waals surface area contributed by atoms with Crippen molar-refractivity contribution in [2.24, 2.45) is 5.14 Å². The van der Waals surface area contributed by atoms with E-state index in [0.29, 0.717) is 25.1 Å². The number of nitrogens with two attached hydrogens (primary N) is 1. The lowest BCUT2D eigenvalue weighted by molar-refractivity contribution is 0.0722. The van der Waals surface area contributed by atoms with Gasteiger partial charge in [0.05, 0.1) is 17.3 Å². The van der Waals surface area contributed by atoms with E-state index in [0.717, 1.165) is 0 Å². The molecular formula is C12H20N4O4S. The zero-order chi connectivity index (χ0) is 15.8. The second kappa shape index (κ2) is 5.39. The Hall–Kier alpha value is -1.45. The zero-order valence-corrected chi connectivity index (χ0v) is 13.1. The highest BCUT2D eigenvalue weighted by Crippen LogP contribution is 2.26. The molecule has 2 heterocycles. The molecule has 1 fully saturated rings. The maximum absolute atomic E-state index is 12.4. The molecule has 8 nitrogen and oxygen atoms in total. The van der Waals surface area contributed by atoms with E-state index in [9.17, 15) is 13.2 Å². The Morgan fingerprint density at radius 3 is 2.76 bits per heavy atom. The van der Waals surface area contributed by atoms with Crippen LogP contribution in [0.4, 0.5) is 0 Å². The number of nitrogens with zero attached hydrogens (tertiary/aromatic N) is 1. The maximum atomic E-state index is 12.4. The molecule has 0 radical (unpaired) electrons. The first-order chi connectivity index (χ1) is 9.69. The van der Waals surface area contributed by atoms with Crippen LogP contribution in [0.5, 0.6) is 0 Å². The molecule has 1 saturated heterocycles. The van der Waals surface area contributed by atoms with Gasteiger partial charge in [-0.3, -0.25) is 9.89 Å². The van der Waals surface area contributed by atoms with Crippen LogP contribution in [0.3, 0.4) is 0 Å². The first-order valence-corrected chi connectivity index (χ1v) is 8.28. The predicted molar refractivity (Wildman–Crippen MR) is 75.2 cm³/mol. The average molecular weight is 316 g/mol. The first kappa shape index (κ1) is 15.9. The van der Waals surface area contributed by atoms with Crippen molar-refractivity contribution in [3.05, 3.63) is 11.4 Å². The highest BCUT2D eigenvalue weighted by Gasteiger charge is 2.40. The third kappa shape index (κ3) is 2.94. The fraction of sp³-hybridized carbons (Fsp3) is 0.667. The number of hydrogen-bond acceptors (Lipinski definition) is 5. The normalized spacial score (nSPS) is 26.0. The van der Waals surface area contributed by atoms with E-state index in [1.807, 2.05) is 13.8 Å². The molecule has 0 aromatic carbocycles. The lowest BCUT2D eigenvalue weighted by Gasteiger charge is -2.28. The molecule has 1 aliphatic heterocycles. The van der Waals surface area contributed by atoms with Gasteiger partial charge in [0.25, 0.3) is 5.91 Å². The Morgan fingerprint density at radius 1 is 1.62 bits per heavy atom. The molecule has 0 bridgehead atoms. The van der Waals surface area contributed by atoms with Gasteiger partial charge in [0.2, 0.25) is 10.0 Å². The summed E-state index contributed by atoms with van der Waals surface area (Å²) >= 11 is 0. The number of carbonyl (C=O) groups is 1. The van der Waals surface area contributed by atoms with E-state index in [2.05, 4.69) is 15.5 Å². The van der Waals surface area contributed by atoms with Crippen molar-refractivity contribution in [3.8, 4) is 0 Å². The minimum Gasteiger partial charge on any atom is -0.376 e. The van der Waals surface area contributed by atoms with E-state index >= 15 is 0 Å². The fourth-order valence-electron chi connectivity index (χ4n) is 2.39. The Kier molecular flexibility index (Phi) is 4.09. The summed E-state index contributed by atoms with van der Waals surface area (Å²) in [5, 5.41) is 14.4. The Balaban J connectivity index is 2.35. The quantitative estimate of drug-likeness (QED) is 0.715. The molecule has 0 spiro atoms. The van der Waals surface area contributed by atoms with Gasteiger partial charge in [-0.15, -0.1) is 0 Å². The van der Waals surface area contributed by atoms with Gasteiger partial charge in [-0.2, -0.15) is 5.10 Å². The van der Waals surface area contributed by atoms with E-state index in [1.54, 1.807) is 6.92 Å². The minimum absolute atomic E-state index is 0.163. The van der Waals surface area contributed by atoms with Crippen LogP contribution in [-0.4, -0.2) is 42.8 Å². The van der Waals surface area contributed by atoms with Crippen molar-refractivity contribution in [1.29, 1.82) is 0 Å². The molecule has 2 rings (SSSR count). The Bertz CT molecular complexity index is 654. The molecular weight excluding hydrogens is 296 g/mol. The molecule has 0 saturated carbocycles. The van der Waals surface area contributed by atoms with Gasteiger partial charge >= 0.3 is 0 Å². The van der Waals surface area contributed by atoms with Gasteiger partial charge in [-0.05, 0) is 26.7 Å². The number of rotatable bonds is 4. The molecule has 0 aliphatic carbocycles. The zero-order valence-electron chi connectivity index (χ0n) is 12.3. The minimum atomic E-state index is -4.03. The molecule has 2 unspecified atom stereocenters. The van der Waals surface area contributed by atoms with E-state index in [4.69, 9.17) is 9.88 Å². The SMILES string of the molecule is CCc1[nH]nc(C(=O)NC2(C)CCOC2C)c1S(N)(=O)=O. The standard InChI is InChI=1S/C12H20N4O4S/c1-4-8-10(21(13,18)19)9(16-15-8)11(17)14-12(3)5-6-20-7(12)2/h7H,4-6H2,1-3H3,(H,14,17)(H,15,16)(H2,13,18,19). The van der Waals surface area contributed by atoms with Gasteiger partial charge in [-0.25, -0.2) is 13.6 Å². The van der Waals surface area contributed by atoms with Gasteiger partial charge in [-0.1, -0.05) is 6.92 Å². The number of hydrogen-bond donors (Lipinski definition) is 3. The fourth-order valence-corrected chi connectivity index (χ4v) is 3.33. The van der Waals surface area contributed by atoms with E-state index in [1.165, 1.54) is 0 Å². The summed E-state index contributed by atoms with van der Waals surface area (Å²) in [5.41, 5.74) is -0.434. The number of aromatic amines is 1. The third-order valence-electron chi connectivity index (χ3n) is 3.93. The van der Waals surface area contributed by atoms with Crippen LogP contribution in [0.15, 0.2) is 4.90 Å². The van der Waals surface area contributed by atoms with E-state index < -0.39 is 21.5 Å². The van der Waals surface area contributed by atoms with Gasteiger partial charge < -0.3 is 10.1 Å². The number of H-pyrrole nitrogens is 1. The largest absolute Gasteiger partial charge is 0.376 e. The molecule has 118 valence electrons.